The third-order valence-corrected chi connectivity index (χ3v) is 6.85. The number of fused-ring (bicyclic) bond motifs is 2. The molecule has 6 rings (SSSR count). The summed E-state index contributed by atoms with van der Waals surface area (Å²) in [4.78, 5) is 30.4. The summed E-state index contributed by atoms with van der Waals surface area (Å²) in [6.07, 6.45) is -0.595. The number of carbonyl (C=O) groups is 2. The van der Waals surface area contributed by atoms with Crippen LogP contribution < -0.4 is 10.6 Å². The second-order valence-corrected chi connectivity index (χ2v) is 9.53. The van der Waals surface area contributed by atoms with E-state index in [0.717, 1.165) is 12.1 Å². The SMILES string of the molecule is O=C(Nc1cc(-c2[c-]n3ncnc3cc2)cc2c1C(c1cc(F)ccc1Cl)NC2=O)c1cc(F)cc(C(F)(F)F)c1.[Mn]. The number of carbonyl (C=O) groups excluding carboxylic acids is 2. The van der Waals surface area contributed by atoms with Crippen molar-refractivity contribution in [2.45, 2.75) is 12.2 Å². The van der Waals surface area contributed by atoms with Gasteiger partial charge in [-0.15, -0.1) is 17.7 Å². The first-order chi connectivity index (χ1) is 19.5. The average Bonchev–Trinajstić information content (AvgIpc) is 3.53. The van der Waals surface area contributed by atoms with E-state index in [1.54, 1.807) is 12.1 Å². The molecule has 2 aromatic heterocycles. The molecule has 3 aromatic carbocycles. The van der Waals surface area contributed by atoms with Crippen LogP contribution >= 0.6 is 11.6 Å². The molecular formula is C28H14ClF5MnN5O2-. The maximum atomic E-state index is 14.2. The number of hydrogen-bond donors (Lipinski definition) is 2. The van der Waals surface area contributed by atoms with E-state index in [1.165, 1.54) is 29.0 Å². The number of nitrogens with one attached hydrogen (secondary N) is 2. The molecule has 0 saturated heterocycles. The number of rotatable bonds is 4. The van der Waals surface area contributed by atoms with Crippen LogP contribution in [0.3, 0.4) is 0 Å². The molecule has 1 atom stereocenters. The summed E-state index contributed by atoms with van der Waals surface area (Å²) in [6.45, 7) is 0. The van der Waals surface area contributed by atoms with Crippen molar-refractivity contribution in [3.05, 3.63) is 118 Å². The fourth-order valence-electron chi connectivity index (χ4n) is 4.66. The Bertz CT molecular complexity index is 1900. The van der Waals surface area contributed by atoms with Crippen molar-refractivity contribution in [1.29, 1.82) is 0 Å². The van der Waals surface area contributed by atoms with E-state index in [1.807, 2.05) is 0 Å². The summed E-state index contributed by atoms with van der Waals surface area (Å²) >= 11 is 6.32. The van der Waals surface area contributed by atoms with Crippen molar-refractivity contribution >= 4 is 34.7 Å². The first-order valence-electron chi connectivity index (χ1n) is 11.8. The molecule has 2 amide bonds. The van der Waals surface area contributed by atoms with E-state index in [4.69, 9.17) is 11.6 Å². The zero-order valence-corrected chi connectivity index (χ0v) is 22.7. The molecule has 0 aliphatic carbocycles. The number of amides is 2. The molecule has 0 bridgehead atoms. The number of aromatic nitrogens is 3. The molecule has 1 aliphatic rings. The fraction of sp³-hybridized carbons (Fsp3) is 0.0714. The molecule has 1 unspecified atom stereocenters. The monoisotopic (exact) mass is 637 g/mol. The molecule has 5 aromatic rings. The summed E-state index contributed by atoms with van der Waals surface area (Å²) in [5.74, 6) is -3.55. The van der Waals surface area contributed by atoms with Gasteiger partial charge in [-0.25, -0.2) is 8.78 Å². The van der Waals surface area contributed by atoms with Gasteiger partial charge < -0.3 is 15.1 Å². The van der Waals surface area contributed by atoms with Gasteiger partial charge in [0.1, 0.15) is 18.0 Å². The van der Waals surface area contributed by atoms with Crippen LogP contribution in [0.4, 0.5) is 27.6 Å². The molecule has 3 heterocycles. The minimum absolute atomic E-state index is 0. The number of alkyl halides is 3. The quantitative estimate of drug-likeness (QED) is 0.139. The zero-order valence-electron chi connectivity index (χ0n) is 20.7. The molecule has 7 nitrogen and oxygen atoms in total. The van der Waals surface area contributed by atoms with Crippen molar-refractivity contribution in [1.82, 2.24) is 19.9 Å². The molecule has 213 valence electrons. The van der Waals surface area contributed by atoms with Crippen molar-refractivity contribution in [3.8, 4) is 11.1 Å². The van der Waals surface area contributed by atoms with Crippen LogP contribution in [0, 0.1) is 17.8 Å². The largest absolute Gasteiger partial charge is 0.416 e. The first-order valence-corrected chi connectivity index (χ1v) is 12.2. The minimum atomic E-state index is -4.90. The smallest absolute Gasteiger partial charge is 0.341 e. The second kappa shape index (κ2) is 10.8. The molecule has 0 spiro atoms. The van der Waals surface area contributed by atoms with Crippen molar-refractivity contribution < 1.29 is 48.6 Å². The van der Waals surface area contributed by atoms with Crippen molar-refractivity contribution in [3.63, 3.8) is 0 Å². The Labute approximate surface area is 249 Å². The van der Waals surface area contributed by atoms with Gasteiger partial charge >= 0.3 is 6.18 Å². The van der Waals surface area contributed by atoms with Gasteiger partial charge in [0.15, 0.2) is 0 Å². The van der Waals surface area contributed by atoms with E-state index >= 15 is 0 Å². The topological polar surface area (TPSA) is 88.4 Å². The Morgan fingerprint density at radius 1 is 1.02 bits per heavy atom. The van der Waals surface area contributed by atoms with E-state index in [-0.39, 0.29) is 50.5 Å². The summed E-state index contributed by atoms with van der Waals surface area (Å²) in [6, 6.07) is 10.3. The molecule has 2 N–H and O–H groups in total. The number of nitrogens with zero attached hydrogens (tertiary/aromatic N) is 3. The van der Waals surface area contributed by atoms with Gasteiger partial charge in [-0.3, -0.25) is 14.6 Å². The number of halogens is 6. The van der Waals surface area contributed by atoms with Crippen LogP contribution in [-0.2, 0) is 23.2 Å². The van der Waals surface area contributed by atoms with Crippen molar-refractivity contribution in [2.75, 3.05) is 5.32 Å². The number of anilines is 1. The van der Waals surface area contributed by atoms with E-state index in [2.05, 4.69) is 26.9 Å². The first kappa shape index (κ1) is 29.2. The molecular weight excluding hydrogens is 624 g/mol. The maximum absolute atomic E-state index is 14.2. The van der Waals surface area contributed by atoms with Crippen LogP contribution in [0.15, 0.2) is 67.0 Å². The number of benzene rings is 3. The Kier molecular flexibility index (Phi) is 7.52. The second-order valence-electron chi connectivity index (χ2n) is 9.13. The summed E-state index contributed by atoms with van der Waals surface area (Å²) in [7, 11) is 0. The summed E-state index contributed by atoms with van der Waals surface area (Å²) in [5, 5.41) is 9.38. The van der Waals surface area contributed by atoms with Gasteiger partial charge in [0.05, 0.1) is 17.3 Å². The van der Waals surface area contributed by atoms with Gasteiger partial charge in [0.25, 0.3) is 11.8 Å². The standard InChI is InChI=1S/C28H14ClF5N5O2.Mn/c29-21-3-2-17(30)10-19(21)25-24-20(27(41)38-25)7-14(13-1-4-23-35-12-36-39(23)11-13)8-22(24)37-26(40)15-5-16(28(32,33)34)9-18(31)6-15;/h1-10,12,25H,(H,37,40)(H,38,41);/q-1;. The zero-order chi connectivity index (χ0) is 29.1. The van der Waals surface area contributed by atoms with Crippen LogP contribution in [0.2, 0.25) is 5.02 Å². The van der Waals surface area contributed by atoms with E-state index in [9.17, 15) is 31.5 Å². The maximum Gasteiger partial charge on any atom is 0.416 e. The third-order valence-electron chi connectivity index (χ3n) is 6.50. The van der Waals surface area contributed by atoms with Crippen LogP contribution in [0.5, 0.6) is 0 Å². The Morgan fingerprint density at radius 3 is 2.57 bits per heavy atom. The molecule has 1 aliphatic heterocycles. The van der Waals surface area contributed by atoms with Crippen LogP contribution in [-0.4, -0.2) is 26.4 Å². The van der Waals surface area contributed by atoms with Gasteiger partial charge in [-0.05, 0) is 42.6 Å². The van der Waals surface area contributed by atoms with Gasteiger partial charge in [-0.2, -0.15) is 18.3 Å². The van der Waals surface area contributed by atoms with Crippen LogP contribution in [0.1, 0.15) is 43.4 Å². The summed E-state index contributed by atoms with van der Waals surface area (Å²) in [5.41, 5.74) is -0.186. The molecule has 1 radical (unpaired) electrons. The number of pyridine rings is 1. The van der Waals surface area contributed by atoms with Gasteiger partial charge in [0, 0.05) is 50.0 Å². The minimum Gasteiger partial charge on any atom is -0.341 e. The molecule has 14 heteroatoms. The molecule has 0 fully saturated rings. The fourth-order valence-corrected chi connectivity index (χ4v) is 4.89. The number of hydrogen-bond acceptors (Lipinski definition) is 4. The Morgan fingerprint density at radius 2 is 1.81 bits per heavy atom. The predicted octanol–water partition coefficient (Wildman–Crippen LogP) is 6.23. The predicted molar refractivity (Wildman–Crippen MR) is 137 cm³/mol. The Hall–Kier alpha value is -4.32. The van der Waals surface area contributed by atoms with Crippen molar-refractivity contribution in [2.24, 2.45) is 0 Å². The van der Waals surface area contributed by atoms with E-state index < -0.39 is 46.8 Å². The Balaban J connectivity index is 0.00000353. The molecule has 42 heavy (non-hydrogen) atoms. The van der Waals surface area contributed by atoms with Gasteiger partial charge in [0.2, 0.25) is 0 Å². The van der Waals surface area contributed by atoms with E-state index in [0.29, 0.717) is 28.9 Å². The van der Waals surface area contributed by atoms with Crippen LogP contribution in [0.25, 0.3) is 16.8 Å². The normalized spacial score (nSPS) is 14.3. The summed E-state index contributed by atoms with van der Waals surface area (Å²) < 4.78 is 69.5. The van der Waals surface area contributed by atoms with Gasteiger partial charge in [-0.1, -0.05) is 29.3 Å². The third kappa shape index (κ3) is 5.34. The molecule has 0 saturated carbocycles. The average molecular weight is 638 g/mol.